The first kappa shape index (κ1) is 13.2. The molecule has 0 saturated heterocycles. The first-order chi connectivity index (χ1) is 9.60. The van der Waals surface area contributed by atoms with Crippen LogP contribution >= 0.6 is 15.9 Å². The van der Waals surface area contributed by atoms with Crippen LogP contribution in [0, 0.1) is 6.92 Å². The Morgan fingerprint density at radius 3 is 2.60 bits per heavy atom. The molecule has 6 heteroatoms. The Kier molecular flexibility index (Phi) is 3.27. The number of halogens is 1. The summed E-state index contributed by atoms with van der Waals surface area (Å²) in [6.07, 6.45) is 1.68. The molecule has 0 aliphatic rings. The number of aryl methyl sites for hydroxylation is 1. The van der Waals surface area contributed by atoms with Gasteiger partial charge in [-0.3, -0.25) is 0 Å². The lowest BCUT2D eigenvalue weighted by atomic mass is 10.0. The van der Waals surface area contributed by atoms with E-state index in [4.69, 9.17) is 4.42 Å². The summed E-state index contributed by atoms with van der Waals surface area (Å²) < 4.78 is 6.49. The molecule has 0 bridgehead atoms. The van der Waals surface area contributed by atoms with Gasteiger partial charge in [-0.1, -0.05) is 15.9 Å². The maximum atomic E-state index is 11.4. The molecule has 0 amide bonds. The molecule has 0 fully saturated rings. The van der Waals surface area contributed by atoms with Crippen molar-refractivity contribution < 1.29 is 4.42 Å². The Balaban J connectivity index is 2.18. The molecule has 3 N–H and O–H groups in total. The van der Waals surface area contributed by atoms with Crippen LogP contribution in [0.4, 0.5) is 0 Å². The number of H-pyrrole nitrogens is 2. The maximum absolute atomic E-state index is 11.4. The van der Waals surface area contributed by atoms with Crippen LogP contribution in [0.25, 0.3) is 11.0 Å². The van der Waals surface area contributed by atoms with Gasteiger partial charge in [0.1, 0.15) is 5.76 Å². The number of benzene rings is 1. The Morgan fingerprint density at radius 1 is 1.30 bits per heavy atom. The van der Waals surface area contributed by atoms with Gasteiger partial charge >= 0.3 is 5.69 Å². The molecule has 5 nitrogen and oxygen atoms in total. The number of aromatic amines is 2. The van der Waals surface area contributed by atoms with E-state index >= 15 is 0 Å². The summed E-state index contributed by atoms with van der Waals surface area (Å²) in [6, 6.07) is 5.69. The van der Waals surface area contributed by atoms with Gasteiger partial charge in [-0.25, -0.2) is 4.79 Å². The van der Waals surface area contributed by atoms with Crippen LogP contribution in [0.2, 0.25) is 0 Å². The molecular weight excluding hydrogens is 322 g/mol. The minimum atomic E-state index is -0.209. The Morgan fingerprint density at radius 2 is 2.00 bits per heavy atom. The minimum absolute atomic E-state index is 0.0813. The molecule has 1 unspecified atom stereocenters. The van der Waals surface area contributed by atoms with E-state index in [0.717, 1.165) is 32.4 Å². The zero-order chi connectivity index (χ0) is 14.3. The van der Waals surface area contributed by atoms with Crippen molar-refractivity contribution in [3.05, 3.63) is 56.3 Å². The zero-order valence-corrected chi connectivity index (χ0v) is 12.7. The van der Waals surface area contributed by atoms with E-state index in [9.17, 15) is 4.79 Å². The fraction of sp³-hybridized carbons (Fsp3) is 0.214. The van der Waals surface area contributed by atoms with Crippen molar-refractivity contribution >= 4 is 27.0 Å². The fourth-order valence-corrected chi connectivity index (χ4v) is 2.97. The molecule has 3 rings (SSSR count). The van der Waals surface area contributed by atoms with Gasteiger partial charge in [0, 0.05) is 4.47 Å². The van der Waals surface area contributed by atoms with E-state index in [0.29, 0.717) is 0 Å². The fourth-order valence-electron chi connectivity index (χ4n) is 2.40. The second-order valence-electron chi connectivity index (χ2n) is 4.69. The number of fused-ring (bicyclic) bond motifs is 1. The van der Waals surface area contributed by atoms with E-state index in [1.165, 1.54) is 0 Å². The van der Waals surface area contributed by atoms with Crippen LogP contribution in [-0.2, 0) is 0 Å². The second kappa shape index (κ2) is 4.96. The van der Waals surface area contributed by atoms with Gasteiger partial charge < -0.3 is 19.7 Å². The van der Waals surface area contributed by atoms with Gasteiger partial charge in [-0.2, -0.15) is 0 Å². The lowest BCUT2D eigenvalue weighted by Crippen LogP contribution is -2.18. The van der Waals surface area contributed by atoms with Gasteiger partial charge in [0.05, 0.1) is 23.3 Å². The molecule has 1 aromatic carbocycles. The highest BCUT2D eigenvalue weighted by atomic mass is 79.9. The predicted octanol–water partition coefficient (Wildman–Crippen LogP) is 2.83. The van der Waals surface area contributed by atoms with Gasteiger partial charge in [-0.15, -0.1) is 0 Å². The molecule has 0 aliphatic heterocycles. The van der Waals surface area contributed by atoms with Crippen LogP contribution in [0.3, 0.4) is 0 Å². The molecule has 104 valence electrons. The Hall–Kier alpha value is -1.79. The predicted molar refractivity (Wildman–Crippen MR) is 81.0 cm³/mol. The highest BCUT2D eigenvalue weighted by molar-refractivity contribution is 9.10. The quantitative estimate of drug-likeness (QED) is 0.689. The van der Waals surface area contributed by atoms with E-state index in [2.05, 4.69) is 31.2 Å². The second-order valence-corrected chi connectivity index (χ2v) is 5.54. The third kappa shape index (κ3) is 2.10. The molecule has 0 saturated carbocycles. The molecule has 20 heavy (non-hydrogen) atoms. The largest absolute Gasteiger partial charge is 0.467 e. The summed E-state index contributed by atoms with van der Waals surface area (Å²) in [5.41, 5.74) is 3.43. The summed E-state index contributed by atoms with van der Waals surface area (Å²) >= 11 is 3.56. The summed E-state index contributed by atoms with van der Waals surface area (Å²) in [5, 5.41) is 3.25. The van der Waals surface area contributed by atoms with Gasteiger partial charge in [-0.05, 0) is 43.3 Å². The highest BCUT2D eigenvalue weighted by Crippen LogP contribution is 2.32. The maximum Gasteiger partial charge on any atom is 0.323 e. The van der Waals surface area contributed by atoms with E-state index < -0.39 is 0 Å². The molecule has 0 spiro atoms. The molecule has 3 aromatic rings. The summed E-state index contributed by atoms with van der Waals surface area (Å²) in [6.45, 7) is 2.01. The van der Waals surface area contributed by atoms with Gasteiger partial charge in [0.2, 0.25) is 0 Å². The average Bonchev–Trinajstić information content (AvgIpc) is 2.96. The van der Waals surface area contributed by atoms with Crippen LogP contribution < -0.4 is 11.0 Å². The van der Waals surface area contributed by atoms with E-state index in [1.807, 2.05) is 32.2 Å². The number of furan rings is 1. The van der Waals surface area contributed by atoms with Gasteiger partial charge in [0.15, 0.2) is 0 Å². The number of nitrogens with one attached hydrogen (secondary N) is 3. The molecular formula is C14H14BrN3O2. The smallest absolute Gasteiger partial charge is 0.323 e. The standard InChI is InChI=1S/C14H14BrN3O2/c1-7-3-4-20-13(7)12(16-2)8-5-10-11(6-9(8)15)18-14(19)17-10/h3-6,12,16H,1-2H3,(H2,17,18,19). The molecule has 0 radical (unpaired) electrons. The van der Waals surface area contributed by atoms with Crippen molar-refractivity contribution in [1.29, 1.82) is 0 Å². The zero-order valence-electron chi connectivity index (χ0n) is 11.1. The van der Waals surface area contributed by atoms with Crippen LogP contribution in [-0.4, -0.2) is 17.0 Å². The Bertz CT molecular complexity index is 815. The number of rotatable bonds is 3. The first-order valence-electron chi connectivity index (χ1n) is 6.23. The highest BCUT2D eigenvalue weighted by Gasteiger charge is 2.20. The van der Waals surface area contributed by atoms with E-state index in [1.54, 1.807) is 6.26 Å². The summed E-state index contributed by atoms with van der Waals surface area (Å²) in [5.74, 6) is 0.866. The van der Waals surface area contributed by atoms with Crippen molar-refractivity contribution in [2.45, 2.75) is 13.0 Å². The van der Waals surface area contributed by atoms with Crippen LogP contribution in [0.1, 0.15) is 22.9 Å². The average molecular weight is 336 g/mol. The SMILES string of the molecule is CNC(c1cc2[nH]c(=O)[nH]c2cc1Br)c1occc1C. The van der Waals surface area contributed by atoms with Crippen molar-refractivity contribution in [2.75, 3.05) is 7.05 Å². The topological polar surface area (TPSA) is 73.8 Å². The van der Waals surface area contributed by atoms with Crippen LogP contribution in [0.15, 0.2) is 38.1 Å². The third-order valence-electron chi connectivity index (χ3n) is 3.40. The molecule has 1 atom stereocenters. The third-order valence-corrected chi connectivity index (χ3v) is 4.08. The van der Waals surface area contributed by atoms with Gasteiger partial charge in [0.25, 0.3) is 0 Å². The van der Waals surface area contributed by atoms with Crippen LogP contribution in [0.5, 0.6) is 0 Å². The van der Waals surface area contributed by atoms with E-state index in [-0.39, 0.29) is 11.7 Å². The summed E-state index contributed by atoms with van der Waals surface area (Å²) in [4.78, 5) is 16.9. The number of hydrogen-bond donors (Lipinski definition) is 3. The van der Waals surface area contributed by atoms with Crippen molar-refractivity contribution in [1.82, 2.24) is 15.3 Å². The monoisotopic (exact) mass is 335 g/mol. The van der Waals surface area contributed by atoms with Crippen molar-refractivity contribution in [2.24, 2.45) is 0 Å². The lowest BCUT2D eigenvalue weighted by molar-refractivity contribution is 0.460. The minimum Gasteiger partial charge on any atom is -0.467 e. The number of hydrogen-bond acceptors (Lipinski definition) is 3. The summed E-state index contributed by atoms with van der Waals surface area (Å²) in [7, 11) is 1.88. The molecule has 0 aliphatic carbocycles. The normalized spacial score (nSPS) is 12.9. The number of imidazole rings is 1. The van der Waals surface area contributed by atoms with Crippen molar-refractivity contribution in [3.63, 3.8) is 0 Å². The van der Waals surface area contributed by atoms with Crippen molar-refractivity contribution in [3.8, 4) is 0 Å². The molecule has 2 heterocycles. The first-order valence-corrected chi connectivity index (χ1v) is 7.02. The number of aromatic nitrogens is 2. The molecule has 2 aromatic heterocycles. The Labute approximate surface area is 123 Å². The lowest BCUT2D eigenvalue weighted by Gasteiger charge is -2.17.